The molecule has 0 rings (SSSR count). The van der Waals surface area contributed by atoms with Crippen molar-refractivity contribution in [2.24, 2.45) is 0 Å². The monoisotopic (exact) mass is 843 g/mol. The topological polar surface area (TPSA) is 108 Å². The summed E-state index contributed by atoms with van der Waals surface area (Å²) in [6.07, 6.45) is 57.6. The Balaban J connectivity index is 4.61. The van der Waals surface area contributed by atoms with Crippen LogP contribution in [0, 0.1) is 0 Å². The number of unbranched alkanes of at least 4 members (excludes halogenated alkanes) is 13. The molecule has 9 heteroatoms. The highest BCUT2D eigenvalue weighted by atomic mass is 31.2. The molecule has 0 aliphatic carbocycles. The second kappa shape index (κ2) is 40.8. The third-order valence-corrected chi connectivity index (χ3v) is 10.5. The number of quaternary nitrogens is 1. The lowest BCUT2D eigenvalue weighted by Gasteiger charge is -2.29. The number of phosphoric ester groups is 1. The molecule has 0 radical (unpaired) electrons. The van der Waals surface area contributed by atoms with Gasteiger partial charge in [0.15, 0.2) is 0 Å². The number of amides is 1. The van der Waals surface area contributed by atoms with Gasteiger partial charge in [-0.05, 0) is 70.6 Å². The van der Waals surface area contributed by atoms with Crippen LogP contribution in [-0.2, 0) is 18.4 Å². The number of phosphoric acid groups is 1. The van der Waals surface area contributed by atoms with E-state index in [1.54, 1.807) is 6.08 Å². The number of rotatable bonds is 40. The Kier molecular flexibility index (Phi) is 39.0. The van der Waals surface area contributed by atoms with Crippen molar-refractivity contribution in [2.75, 3.05) is 40.9 Å². The van der Waals surface area contributed by atoms with Gasteiger partial charge in [0.1, 0.15) is 13.2 Å². The fourth-order valence-corrected chi connectivity index (χ4v) is 6.62. The Morgan fingerprint density at radius 2 is 1.05 bits per heavy atom. The minimum absolute atomic E-state index is 0.0253. The molecular formula is C50H87N2O6P. The van der Waals surface area contributed by atoms with Crippen LogP contribution in [0.1, 0.15) is 162 Å². The van der Waals surface area contributed by atoms with Gasteiger partial charge >= 0.3 is 0 Å². The molecule has 59 heavy (non-hydrogen) atoms. The number of nitrogens with zero attached hydrogens (tertiary/aromatic N) is 1. The summed E-state index contributed by atoms with van der Waals surface area (Å²) in [4.78, 5) is 25.3. The van der Waals surface area contributed by atoms with Gasteiger partial charge in [0.2, 0.25) is 5.91 Å². The molecular weight excluding hydrogens is 756 g/mol. The SMILES string of the molecule is CC/C=C\C/C=C\C/C=C\C/C=C\C/C=C\C/C=C\CCC(=O)NC(COP(=O)([O-])OCC[N+](C)(C)C)C(O)/C=C/CC/C=C/CCCCCCCCCCCCCC. The highest BCUT2D eigenvalue weighted by Crippen LogP contribution is 2.38. The summed E-state index contributed by atoms with van der Waals surface area (Å²) in [7, 11) is 1.18. The van der Waals surface area contributed by atoms with Crippen molar-refractivity contribution in [3.05, 3.63) is 97.2 Å². The largest absolute Gasteiger partial charge is 0.756 e. The quantitative estimate of drug-likeness (QED) is 0.0275. The van der Waals surface area contributed by atoms with Gasteiger partial charge in [-0.25, -0.2) is 0 Å². The summed E-state index contributed by atoms with van der Waals surface area (Å²) in [5.41, 5.74) is 0. The second-order valence-electron chi connectivity index (χ2n) is 16.4. The molecule has 0 aromatic rings. The summed E-state index contributed by atoms with van der Waals surface area (Å²) in [5, 5.41) is 13.7. The van der Waals surface area contributed by atoms with Crippen LogP contribution in [0.15, 0.2) is 97.2 Å². The van der Waals surface area contributed by atoms with Crippen LogP contribution in [0.4, 0.5) is 0 Å². The molecule has 0 bridgehead atoms. The van der Waals surface area contributed by atoms with E-state index in [9.17, 15) is 19.4 Å². The first-order chi connectivity index (χ1) is 28.5. The molecule has 0 saturated carbocycles. The molecule has 0 aromatic heterocycles. The number of allylic oxidation sites excluding steroid dienone is 15. The van der Waals surface area contributed by atoms with Crippen molar-refractivity contribution in [1.82, 2.24) is 5.32 Å². The number of carbonyl (C=O) groups excluding carboxylic acids is 1. The minimum Gasteiger partial charge on any atom is -0.756 e. The van der Waals surface area contributed by atoms with Crippen molar-refractivity contribution in [3.63, 3.8) is 0 Å². The molecule has 0 fully saturated rings. The van der Waals surface area contributed by atoms with Crippen molar-refractivity contribution < 1.29 is 32.9 Å². The molecule has 0 heterocycles. The fraction of sp³-hybridized carbons (Fsp3) is 0.660. The van der Waals surface area contributed by atoms with E-state index in [4.69, 9.17) is 9.05 Å². The lowest BCUT2D eigenvalue weighted by Crippen LogP contribution is -2.45. The number of nitrogens with one attached hydrogen (secondary N) is 1. The summed E-state index contributed by atoms with van der Waals surface area (Å²) in [6.45, 7) is 4.43. The number of aliphatic hydroxyl groups is 1. The van der Waals surface area contributed by atoms with Gasteiger partial charge in [0, 0.05) is 6.42 Å². The van der Waals surface area contributed by atoms with E-state index in [0.717, 1.165) is 57.8 Å². The molecule has 338 valence electrons. The standard InChI is InChI=1S/C50H87N2O6P/c1-6-8-10-12-14-16-18-20-22-24-26-28-30-32-34-36-38-40-42-44-50(54)51-48(47-58-59(55,56)57-46-45-52(3,4)5)49(53)43-41-39-37-35-33-31-29-27-25-23-21-19-17-15-13-11-9-7-2/h8,10,14,16,20,22,26,28,32-35,38,40-41,43,48-49,53H,6-7,9,11-13,15,17-19,21,23-25,27,29-31,36-37,39,42,44-47H2,1-5H3,(H-,51,54,55,56)/b10-8-,16-14-,22-20-,28-26-,34-32-,35-33+,40-38-,43-41+. The van der Waals surface area contributed by atoms with Crippen LogP contribution < -0.4 is 10.2 Å². The van der Waals surface area contributed by atoms with Gasteiger partial charge in [0.25, 0.3) is 7.82 Å². The Morgan fingerprint density at radius 1 is 0.610 bits per heavy atom. The molecule has 0 aliphatic rings. The predicted molar refractivity (Wildman–Crippen MR) is 251 cm³/mol. The molecule has 0 spiro atoms. The van der Waals surface area contributed by atoms with Gasteiger partial charge < -0.3 is 28.8 Å². The number of hydrogen-bond donors (Lipinski definition) is 2. The Labute approximate surface area is 362 Å². The lowest BCUT2D eigenvalue weighted by atomic mass is 10.0. The third-order valence-electron chi connectivity index (χ3n) is 9.54. The lowest BCUT2D eigenvalue weighted by molar-refractivity contribution is -0.870. The van der Waals surface area contributed by atoms with E-state index in [2.05, 4.69) is 92.1 Å². The summed E-state index contributed by atoms with van der Waals surface area (Å²) in [5.74, 6) is -0.294. The Hall–Kier alpha value is -2.58. The van der Waals surface area contributed by atoms with E-state index in [-0.39, 0.29) is 18.9 Å². The zero-order chi connectivity index (χ0) is 43.6. The Bertz CT molecular complexity index is 1280. The first-order valence-electron chi connectivity index (χ1n) is 23.1. The van der Waals surface area contributed by atoms with Gasteiger partial charge in [-0.15, -0.1) is 0 Å². The first-order valence-corrected chi connectivity index (χ1v) is 24.6. The van der Waals surface area contributed by atoms with Crippen LogP contribution in [0.3, 0.4) is 0 Å². The van der Waals surface area contributed by atoms with Crippen molar-refractivity contribution in [1.29, 1.82) is 0 Å². The average Bonchev–Trinajstić information content (AvgIpc) is 3.19. The molecule has 8 nitrogen and oxygen atoms in total. The Morgan fingerprint density at radius 3 is 1.56 bits per heavy atom. The molecule has 0 aliphatic heterocycles. The maximum absolute atomic E-state index is 12.8. The number of carbonyl (C=O) groups is 1. The molecule has 3 unspecified atom stereocenters. The van der Waals surface area contributed by atoms with Gasteiger partial charge in [-0.2, -0.15) is 0 Å². The van der Waals surface area contributed by atoms with Crippen molar-refractivity contribution in [2.45, 2.75) is 174 Å². The molecule has 1 amide bonds. The highest BCUT2D eigenvalue weighted by Gasteiger charge is 2.23. The smallest absolute Gasteiger partial charge is 0.268 e. The summed E-state index contributed by atoms with van der Waals surface area (Å²) in [6, 6.07) is -0.949. The van der Waals surface area contributed by atoms with Crippen LogP contribution in [0.25, 0.3) is 0 Å². The summed E-state index contributed by atoms with van der Waals surface area (Å²) >= 11 is 0. The minimum atomic E-state index is -4.62. The first kappa shape index (κ1) is 56.4. The maximum Gasteiger partial charge on any atom is 0.268 e. The van der Waals surface area contributed by atoms with Crippen LogP contribution in [-0.4, -0.2) is 68.5 Å². The van der Waals surface area contributed by atoms with E-state index >= 15 is 0 Å². The average molecular weight is 843 g/mol. The van der Waals surface area contributed by atoms with E-state index in [1.165, 1.54) is 77.0 Å². The zero-order valence-corrected chi connectivity index (χ0v) is 39.1. The van der Waals surface area contributed by atoms with E-state index < -0.39 is 26.6 Å². The molecule has 0 aromatic carbocycles. The molecule has 3 atom stereocenters. The van der Waals surface area contributed by atoms with E-state index in [0.29, 0.717) is 17.4 Å². The summed E-state index contributed by atoms with van der Waals surface area (Å²) < 4.78 is 23.2. The molecule has 0 saturated heterocycles. The normalized spacial score (nSPS) is 15.2. The number of likely N-dealkylation sites (N-methyl/N-ethyl adjacent to an activating group) is 1. The second-order valence-corrected chi connectivity index (χ2v) is 17.8. The predicted octanol–water partition coefficient (Wildman–Crippen LogP) is 12.5. The van der Waals surface area contributed by atoms with Gasteiger partial charge in [-0.3, -0.25) is 9.36 Å². The van der Waals surface area contributed by atoms with Crippen molar-refractivity contribution in [3.8, 4) is 0 Å². The van der Waals surface area contributed by atoms with Crippen LogP contribution >= 0.6 is 7.82 Å². The zero-order valence-electron chi connectivity index (χ0n) is 38.2. The number of hydrogen-bond acceptors (Lipinski definition) is 6. The van der Waals surface area contributed by atoms with E-state index in [1.807, 2.05) is 39.4 Å². The maximum atomic E-state index is 12.8. The number of aliphatic hydroxyl groups excluding tert-OH is 1. The van der Waals surface area contributed by atoms with Crippen molar-refractivity contribution >= 4 is 13.7 Å². The fourth-order valence-electron chi connectivity index (χ4n) is 5.90. The van der Waals surface area contributed by atoms with Gasteiger partial charge in [0.05, 0.1) is 39.9 Å². The van der Waals surface area contributed by atoms with Crippen LogP contribution in [0.2, 0.25) is 0 Å². The van der Waals surface area contributed by atoms with Gasteiger partial charge in [-0.1, -0.05) is 182 Å². The molecule has 2 N–H and O–H groups in total. The third kappa shape index (κ3) is 43.3. The van der Waals surface area contributed by atoms with Crippen LogP contribution in [0.5, 0.6) is 0 Å². The highest BCUT2D eigenvalue weighted by molar-refractivity contribution is 7.45.